The van der Waals surface area contributed by atoms with E-state index in [2.05, 4.69) is 9.72 Å². The number of carboxylic acid groups (broad SMARTS) is 1. The highest BCUT2D eigenvalue weighted by Gasteiger charge is 2.31. The van der Waals surface area contributed by atoms with Crippen LogP contribution in [0.4, 0.5) is 13.2 Å². The third-order valence-corrected chi connectivity index (χ3v) is 4.39. The van der Waals surface area contributed by atoms with Crippen LogP contribution in [0.2, 0.25) is 10.0 Å². The monoisotopic (exact) mass is 403 g/mol. The smallest absolute Gasteiger partial charge is 0.481 e. The summed E-state index contributed by atoms with van der Waals surface area (Å²) in [6.45, 7) is 0. The molecule has 0 saturated carbocycles. The number of hydrogen-bond donors (Lipinski definition) is 2. The number of aliphatic carboxylic acids is 1. The number of hydrogen-bond acceptors (Lipinski definition) is 2. The SMILES string of the molecule is O=C(O)Cc1c(-c2ccc(Cl)c(Cl)c2)[nH]c2ccc(OC(F)(F)F)cc12. The van der Waals surface area contributed by atoms with Crippen molar-refractivity contribution in [3.63, 3.8) is 0 Å². The van der Waals surface area contributed by atoms with Crippen molar-refractivity contribution in [1.29, 1.82) is 0 Å². The van der Waals surface area contributed by atoms with Crippen molar-refractivity contribution in [2.24, 2.45) is 0 Å². The van der Waals surface area contributed by atoms with Crippen LogP contribution < -0.4 is 4.74 Å². The summed E-state index contributed by atoms with van der Waals surface area (Å²) < 4.78 is 41.3. The van der Waals surface area contributed by atoms with Crippen molar-refractivity contribution in [1.82, 2.24) is 4.98 Å². The maximum atomic E-state index is 12.5. The molecule has 2 N–H and O–H groups in total. The number of ether oxygens (including phenoxy) is 1. The Kier molecular flexibility index (Phi) is 4.77. The van der Waals surface area contributed by atoms with Crippen LogP contribution in [0.5, 0.6) is 5.75 Å². The van der Waals surface area contributed by atoms with E-state index in [0.717, 1.165) is 12.1 Å². The standard InChI is InChI=1S/C17H10Cl2F3NO3/c18-12-3-1-8(5-13(12)19)16-11(7-15(24)25)10-6-9(26-17(20,21)22)2-4-14(10)23-16/h1-6,23H,7H2,(H,24,25). The lowest BCUT2D eigenvalue weighted by Crippen LogP contribution is -2.17. The number of carbonyl (C=O) groups is 1. The van der Waals surface area contributed by atoms with Gasteiger partial charge in [0.2, 0.25) is 0 Å². The number of alkyl halides is 3. The molecule has 9 heteroatoms. The second kappa shape index (κ2) is 6.74. The van der Waals surface area contributed by atoms with Gasteiger partial charge >= 0.3 is 12.3 Å². The van der Waals surface area contributed by atoms with Crippen molar-refractivity contribution in [3.05, 3.63) is 52.0 Å². The van der Waals surface area contributed by atoms with Crippen molar-refractivity contribution in [3.8, 4) is 17.0 Å². The lowest BCUT2D eigenvalue weighted by molar-refractivity contribution is -0.274. The van der Waals surface area contributed by atoms with Gasteiger partial charge in [0, 0.05) is 10.9 Å². The zero-order valence-corrected chi connectivity index (χ0v) is 14.3. The second-order valence-corrected chi connectivity index (χ2v) is 6.25. The van der Waals surface area contributed by atoms with Crippen LogP contribution in [-0.4, -0.2) is 22.4 Å². The van der Waals surface area contributed by atoms with Crippen LogP contribution in [0.15, 0.2) is 36.4 Å². The molecular formula is C17H10Cl2F3NO3. The molecule has 2 aromatic carbocycles. The molecule has 3 rings (SSSR count). The summed E-state index contributed by atoms with van der Waals surface area (Å²) in [4.78, 5) is 14.3. The summed E-state index contributed by atoms with van der Waals surface area (Å²) in [6, 6.07) is 8.43. The number of aromatic nitrogens is 1. The summed E-state index contributed by atoms with van der Waals surface area (Å²) in [7, 11) is 0. The first kappa shape index (κ1) is 18.4. The number of rotatable bonds is 4. The highest BCUT2D eigenvalue weighted by molar-refractivity contribution is 6.42. The molecular weight excluding hydrogens is 394 g/mol. The Hall–Kier alpha value is -2.38. The zero-order valence-electron chi connectivity index (χ0n) is 12.8. The molecule has 0 spiro atoms. The van der Waals surface area contributed by atoms with E-state index in [-0.39, 0.29) is 5.02 Å². The maximum Gasteiger partial charge on any atom is 0.573 e. The van der Waals surface area contributed by atoms with Crippen molar-refractivity contribution in [2.45, 2.75) is 12.8 Å². The van der Waals surface area contributed by atoms with Gasteiger partial charge in [-0.1, -0.05) is 29.3 Å². The van der Waals surface area contributed by atoms with E-state index >= 15 is 0 Å². The molecule has 0 unspecified atom stereocenters. The van der Waals surface area contributed by atoms with Crippen LogP contribution >= 0.6 is 23.2 Å². The predicted octanol–water partition coefficient (Wildman–Crippen LogP) is 5.67. The molecule has 0 aliphatic carbocycles. The Morgan fingerprint density at radius 3 is 2.46 bits per heavy atom. The van der Waals surface area contributed by atoms with Gasteiger partial charge in [-0.2, -0.15) is 0 Å². The van der Waals surface area contributed by atoms with Crippen molar-refractivity contribution < 1.29 is 27.8 Å². The quantitative estimate of drug-likeness (QED) is 0.589. The van der Waals surface area contributed by atoms with Crippen LogP contribution in [0.3, 0.4) is 0 Å². The minimum atomic E-state index is -4.84. The zero-order chi connectivity index (χ0) is 19.1. The summed E-state index contributed by atoms with van der Waals surface area (Å²) in [5, 5.41) is 10.1. The fourth-order valence-corrected chi connectivity index (χ4v) is 2.95. The van der Waals surface area contributed by atoms with E-state index in [1.54, 1.807) is 18.2 Å². The summed E-state index contributed by atoms with van der Waals surface area (Å²) >= 11 is 11.9. The molecule has 0 fully saturated rings. The molecule has 0 bridgehead atoms. The Labute approximate surface area is 155 Å². The molecule has 4 nitrogen and oxygen atoms in total. The molecule has 0 radical (unpaired) electrons. The van der Waals surface area contributed by atoms with Crippen molar-refractivity contribution in [2.75, 3.05) is 0 Å². The largest absolute Gasteiger partial charge is 0.573 e. The number of fused-ring (bicyclic) bond motifs is 1. The van der Waals surface area contributed by atoms with E-state index in [9.17, 15) is 23.1 Å². The highest BCUT2D eigenvalue weighted by Crippen LogP contribution is 2.36. The average Bonchev–Trinajstić information content (AvgIpc) is 2.86. The number of halogens is 5. The number of carboxylic acids is 1. The van der Waals surface area contributed by atoms with E-state index in [0.29, 0.717) is 32.7 Å². The Bertz CT molecular complexity index is 999. The van der Waals surface area contributed by atoms with E-state index in [1.807, 2.05) is 0 Å². The topological polar surface area (TPSA) is 62.3 Å². The lowest BCUT2D eigenvalue weighted by Gasteiger charge is -2.09. The van der Waals surface area contributed by atoms with E-state index in [4.69, 9.17) is 23.2 Å². The van der Waals surface area contributed by atoms with Gasteiger partial charge < -0.3 is 14.8 Å². The number of aromatic amines is 1. The predicted molar refractivity (Wildman–Crippen MR) is 91.8 cm³/mol. The first-order valence-electron chi connectivity index (χ1n) is 7.21. The maximum absolute atomic E-state index is 12.5. The molecule has 3 aromatic rings. The average molecular weight is 404 g/mol. The molecule has 1 aromatic heterocycles. The van der Waals surface area contributed by atoms with Gasteiger partial charge in [0.15, 0.2) is 0 Å². The fraction of sp³-hybridized carbons (Fsp3) is 0.118. The van der Waals surface area contributed by atoms with Crippen LogP contribution in [0, 0.1) is 0 Å². The fourth-order valence-electron chi connectivity index (χ4n) is 2.66. The van der Waals surface area contributed by atoms with Crippen LogP contribution in [0.1, 0.15) is 5.56 Å². The minimum Gasteiger partial charge on any atom is -0.481 e. The summed E-state index contributed by atoms with van der Waals surface area (Å²) in [5.74, 6) is -1.56. The molecule has 0 atom stereocenters. The van der Waals surface area contributed by atoms with Gasteiger partial charge in [0.05, 0.1) is 22.2 Å². The van der Waals surface area contributed by atoms with E-state index < -0.39 is 24.5 Å². The van der Waals surface area contributed by atoms with E-state index in [1.165, 1.54) is 6.07 Å². The Morgan fingerprint density at radius 1 is 1.12 bits per heavy atom. The summed E-state index contributed by atoms with van der Waals surface area (Å²) in [6.07, 6.45) is -5.24. The third kappa shape index (κ3) is 3.89. The number of benzene rings is 2. The normalized spacial score (nSPS) is 11.7. The van der Waals surface area contributed by atoms with Gasteiger partial charge in [-0.15, -0.1) is 13.2 Å². The Balaban J connectivity index is 2.18. The van der Waals surface area contributed by atoms with Crippen molar-refractivity contribution >= 4 is 40.1 Å². The van der Waals surface area contributed by atoms with Gasteiger partial charge in [-0.05, 0) is 41.5 Å². The molecule has 0 amide bonds. The first-order valence-corrected chi connectivity index (χ1v) is 7.97. The van der Waals surface area contributed by atoms with Gasteiger partial charge in [-0.25, -0.2) is 0 Å². The second-order valence-electron chi connectivity index (χ2n) is 5.43. The molecule has 136 valence electrons. The molecule has 0 aliphatic rings. The van der Waals surface area contributed by atoms with Crippen LogP contribution in [-0.2, 0) is 11.2 Å². The molecule has 26 heavy (non-hydrogen) atoms. The third-order valence-electron chi connectivity index (χ3n) is 3.65. The Morgan fingerprint density at radius 2 is 1.85 bits per heavy atom. The summed E-state index contributed by atoms with van der Waals surface area (Å²) in [5.41, 5.74) is 1.78. The lowest BCUT2D eigenvalue weighted by atomic mass is 10.0. The number of nitrogens with one attached hydrogen (secondary N) is 1. The number of H-pyrrole nitrogens is 1. The molecule has 0 aliphatic heterocycles. The van der Waals surface area contributed by atoms with Crippen LogP contribution in [0.25, 0.3) is 22.2 Å². The molecule has 1 heterocycles. The highest BCUT2D eigenvalue weighted by atomic mass is 35.5. The minimum absolute atomic E-state index is 0.269. The van der Waals surface area contributed by atoms with Gasteiger partial charge in [0.25, 0.3) is 0 Å². The molecule has 0 saturated heterocycles. The first-order chi connectivity index (χ1) is 12.1. The van der Waals surface area contributed by atoms with Gasteiger partial charge in [0.1, 0.15) is 5.75 Å². The van der Waals surface area contributed by atoms with Gasteiger partial charge in [-0.3, -0.25) is 4.79 Å².